The number of nitrogens with zero attached hydrogens (tertiary/aromatic N) is 2. The van der Waals surface area contributed by atoms with Crippen LogP contribution in [0.15, 0.2) is 152 Å². The molecule has 0 saturated heterocycles. The lowest BCUT2D eigenvalue weighted by Gasteiger charge is -2.51. The van der Waals surface area contributed by atoms with E-state index in [4.69, 9.17) is 4.74 Å². The first-order chi connectivity index (χ1) is 23.9. The minimum atomic E-state index is 0.0655. The van der Waals surface area contributed by atoms with E-state index in [1.807, 2.05) is 0 Å². The molecule has 0 aliphatic carbocycles. The lowest BCUT2D eigenvalue weighted by Crippen LogP contribution is -2.70. The Balaban J connectivity index is 1.21. The summed E-state index contributed by atoms with van der Waals surface area (Å²) in [6.07, 6.45) is 0. The Kier molecular flexibility index (Phi) is 4.70. The molecule has 218 valence electrons. The zero-order valence-corrected chi connectivity index (χ0v) is 26.0. The molecule has 6 heteroatoms. The second-order valence-electron chi connectivity index (χ2n) is 13.6. The molecule has 12 rings (SSSR count). The Morgan fingerprint density at radius 2 is 0.771 bits per heavy atom. The van der Waals surface area contributed by atoms with E-state index in [9.17, 15) is 0 Å². The van der Waals surface area contributed by atoms with Crippen molar-refractivity contribution in [2.24, 2.45) is 0 Å². The number of rotatable bonds is 2. The number of para-hydroxylation sites is 2. The van der Waals surface area contributed by atoms with Gasteiger partial charge in [-0.05, 0) is 74.6 Å². The van der Waals surface area contributed by atoms with Gasteiger partial charge in [0, 0.05) is 34.1 Å². The molecule has 0 spiro atoms. The van der Waals surface area contributed by atoms with E-state index in [2.05, 4.69) is 161 Å². The molecule has 0 fully saturated rings. The van der Waals surface area contributed by atoms with Crippen molar-refractivity contribution >= 4 is 103 Å². The first-order valence-corrected chi connectivity index (χ1v) is 16.9. The molecule has 48 heavy (non-hydrogen) atoms. The van der Waals surface area contributed by atoms with Crippen molar-refractivity contribution in [1.29, 1.82) is 0 Å². The standard InChI is InChI=1S/C42H25B3N2O/c1-3-12-26(13-4-1)43-28-16-7-9-18-32(28)46-34-20-11-21-35-38(34)45-39-36(24-22-30(43)41(39)46)48-37-25-23-31-42(40(37)45)47(35)33-19-10-8-17-29(33)44(31)27-14-5-2-6-15-27/h1-25H. The van der Waals surface area contributed by atoms with Gasteiger partial charge in [-0.1, -0.05) is 126 Å². The number of fused-ring (bicyclic) bond motifs is 6. The van der Waals surface area contributed by atoms with E-state index < -0.39 is 0 Å². The van der Waals surface area contributed by atoms with E-state index in [0.717, 1.165) is 11.5 Å². The van der Waals surface area contributed by atoms with Gasteiger partial charge in [-0.2, -0.15) is 0 Å². The van der Waals surface area contributed by atoms with Crippen LogP contribution in [0, 0.1) is 0 Å². The van der Waals surface area contributed by atoms with Crippen LogP contribution >= 0.6 is 0 Å². The number of benzene rings is 7. The van der Waals surface area contributed by atoms with Crippen LogP contribution in [0.3, 0.4) is 0 Å². The second-order valence-corrected chi connectivity index (χ2v) is 13.6. The van der Waals surface area contributed by atoms with Gasteiger partial charge in [-0.25, -0.2) is 0 Å². The molecule has 0 amide bonds. The summed E-state index contributed by atoms with van der Waals surface area (Å²) in [7, 11) is 0. The third-order valence-electron chi connectivity index (χ3n) is 11.4. The molecule has 7 aromatic rings. The summed E-state index contributed by atoms with van der Waals surface area (Å²) in [5.41, 5.74) is 19.5. The smallest absolute Gasteiger partial charge is 0.261 e. The predicted molar refractivity (Wildman–Crippen MR) is 203 cm³/mol. The predicted octanol–water partition coefficient (Wildman–Crippen LogP) is 3.53. The van der Waals surface area contributed by atoms with E-state index in [1.54, 1.807) is 0 Å². The Morgan fingerprint density at radius 3 is 1.27 bits per heavy atom. The second kappa shape index (κ2) is 8.93. The maximum atomic E-state index is 7.00. The van der Waals surface area contributed by atoms with Crippen LogP contribution < -0.4 is 63.7 Å². The van der Waals surface area contributed by atoms with E-state index >= 15 is 0 Å². The number of anilines is 6. The van der Waals surface area contributed by atoms with E-state index in [1.165, 1.54) is 83.3 Å². The van der Waals surface area contributed by atoms with Crippen LogP contribution in [0.5, 0.6) is 11.5 Å². The van der Waals surface area contributed by atoms with Crippen LogP contribution in [-0.4, -0.2) is 20.1 Å². The molecule has 0 unspecified atom stereocenters. The highest BCUT2D eigenvalue weighted by molar-refractivity contribution is 7.06. The summed E-state index contributed by atoms with van der Waals surface area (Å²) < 4.78 is 7.00. The van der Waals surface area contributed by atoms with Gasteiger partial charge >= 0.3 is 0 Å². The van der Waals surface area contributed by atoms with Crippen molar-refractivity contribution in [3.05, 3.63) is 152 Å². The molecular formula is C42H25B3N2O. The highest BCUT2D eigenvalue weighted by atomic mass is 16.5. The molecular weight excluding hydrogens is 581 g/mol. The molecule has 0 aromatic heterocycles. The van der Waals surface area contributed by atoms with E-state index in [-0.39, 0.29) is 20.1 Å². The summed E-state index contributed by atoms with van der Waals surface area (Å²) in [6.45, 7) is 0.323. The summed E-state index contributed by atoms with van der Waals surface area (Å²) in [4.78, 5) is 5.09. The SMILES string of the molecule is c1ccc(B2c3ccccc3N3c4cccc5c4B4c6c(ccc2c63)Oc2ccc3c(c24)N5c2ccccc2B3c2ccccc2)cc1. The fourth-order valence-electron chi connectivity index (χ4n) is 9.65. The molecule has 7 aromatic carbocycles. The van der Waals surface area contributed by atoms with Gasteiger partial charge in [0.05, 0.1) is 0 Å². The van der Waals surface area contributed by atoms with Crippen molar-refractivity contribution in [3.8, 4) is 11.5 Å². The maximum Gasteiger partial charge on any atom is 0.261 e. The van der Waals surface area contributed by atoms with Crippen molar-refractivity contribution in [2.75, 3.05) is 9.80 Å². The fourth-order valence-corrected chi connectivity index (χ4v) is 9.65. The number of hydrogen-bond donors (Lipinski definition) is 0. The van der Waals surface area contributed by atoms with Gasteiger partial charge in [0.1, 0.15) is 11.5 Å². The Hall–Kier alpha value is -5.87. The minimum Gasteiger partial charge on any atom is -0.458 e. The van der Waals surface area contributed by atoms with Gasteiger partial charge in [0.25, 0.3) is 6.71 Å². The van der Waals surface area contributed by atoms with Gasteiger partial charge in [0.15, 0.2) is 0 Å². The van der Waals surface area contributed by atoms with Gasteiger partial charge in [-0.15, -0.1) is 0 Å². The van der Waals surface area contributed by atoms with Crippen LogP contribution in [0.1, 0.15) is 0 Å². The van der Waals surface area contributed by atoms with Crippen LogP contribution in [0.2, 0.25) is 0 Å². The molecule has 0 saturated carbocycles. The lowest BCUT2D eigenvalue weighted by molar-refractivity contribution is 0.488. The number of hydrogen-bond acceptors (Lipinski definition) is 3. The van der Waals surface area contributed by atoms with Gasteiger partial charge in [0.2, 0.25) is 13.4 Å². The molecule has 0 radical (unpaired) electrons. The fraction of sp³-hybridized carbons (Fsp3) is 0. The van der Waals surface area contributed by atoms with Crippen LogP contribution in [0.4, 0.5) is 34.1 Å². The summed E-state index contributed by atoms with van der Waals surface area (Å²) >= 11 is 0. The molecule has 5 aliphatic heterocycles. The largest absolute Gasteiger partial charge is 0.458 e. The zero-order chi connectivity index (χ0) is 31.1. The molecule has 0 N–H and O–H groups in total. The third-order valence-corrected chi connectivity index (χ3v) is 11.4. The van der Waals surface area contributed by atoms with Gasteiger partial charge in [-0.3, -0.25) is 0 Å². The summed E-state index contributed by atoms with van der Waals surface area (Å²) in [6, 6.07) is 56.0. The first-order valence-electron chi connectivity index (χ1n) is 16.9. The average Bonchev–Trinajstić information content (AvgIpc) is 3.15. The minimum absolute atomic E-state index is 0.0655. The highest BCUT2D eigenvalue weighted by Gasteiger charge is 2.53. The van der Waals surface area contributed by atoms with Crippen molar-refractivity contribution in [1.82, 2.24) is 0 Å². The van der Waals surface area contributed by atoms with E-state index in [0.29, 0.717) is 0 Å². The van der Waals surface area contributed by atoms with Crippen molar-refractivity contribution in [3.63, 3.8) is 0 Å². The Labute approximate surface area is 280 Å². The summed E-state index contributed by atoms with van der Waals surface area (Å²) in [5, 5.41) is 0. The molecule has 5 heterocycles. The molecule has 5 aliphatic rings. The lowest BCUT2D eigenvalue weighted by atomic mass is 9.27. The van der Waals surface area contributed by atoms with Gasteiger partial charge < -0.3 is 14.5 Å². The Morgan fingerprint density at radius 1 is 0.333 bits per heavy atom. The molecule has 3 nitrogen and oxygen atoms in total. The Bertz CT molecular complexity index is 2370. The zero-order valence-electron chi connectivity index (χ0n) is 26.0. The van der Waals surface area contributed by atoms with Crippen molar-refractivity contribution < 1.29 is 4.74 Å². The normalized spacial score (nSPS) is 14.6. The number of ether oxygens (including phenoxy) is 1. The first kappa shape index (κ1) is 25.3. The average molecular weight is 606 g/mol. The molecule has 0 bridgehead atoms. The van der Waals surface area contributed by atoms with Crippen LogP contribution in [0.25, 0.3) is 0 Å². The maximum absolute atomic E-state index is 7.00. The highest BCUT2D eigenvalue weighted by Crippen LogP contribution is 2.48. The molecule has 0 atom stereocenters. The summed E-state index contributed by atoms with van der Waals surface area (Å²) in [5.74, 6) is 1.93. The monoisotopic (exact) mass is 606 g/mol. The third kappa shape index (κ3) is 2.96. The van der Waals surface area contributed by atoms with Crippen molar-refractivity contribution in [2.45, 2.75) is 0 Å². The quantitative estimate of drug-likeness (QED) is 0.281. The topological polar surface area (TPSA) is 15.7 Å². The van der Waals surface area contributed by atoms with Crippen LogP contribution in [-0.2, 0) is 0 Å².